The number of aliphatic imine (C=N–C) groups is 1. The molecule has 4 N–H and O–H groups in total. The molecule has 2 rings (SSSR count). The Morgan fingerprint density at radius 2 is 1.84 bits per heavy atom. The summed E-state index contributed by atoms with van der Waals surface area (Å²) in [5, 5.41) is 15.4. The Bertz CT molecular complexity index is 1010. The third kappa shape index (κ3) is 6.41. The third-order valence-corrected chi connectivity index (χ3v) is 4.78. The fourth-order valence-corrected chi connectivity index (χ4v) is 3.22. The van der Waals surface area contributed by atoms with Crippen LogP contribution in [-0.4, -0.2) is 29.5 Å². The summed E-state index contributed by atoms with van der Waals surface area (Å²) in [6.45, 7) is 8.38. The van der Waals surface area contributed by atoms with Gasteiger partial charge in [0.1, 0.15) is 0 Å². The molecule has 1 aromatic rings. The fraction of sp³-hybridized carbons (Fsp3) is 0.269. The normalized spacial score (nSPS) is 15.9. The second-order valence-electron chi connectivity index (χ2n) is 7.19. The third-order valence-electron chi connectivity index (χ3n) is 4.78. The van der Waals surface area contributed by atoms with Crippen molar-refractivity contribution in [2.24, 2.45) is 10.7 Å². The number of hydrogen-bond acceptors (Lipinski definition) is 6. The quantitative estimate of drug-likeness (QED) is 0.360. The van der Waals surface area contributed by atoms with E-state index in [9.17, 15) is 0 Å². The molecule has 0 fully saturated rings. The van der Waals surface area contributed by atoms with E-state index < -0.39 is 0 Å². The Balaban J connectivity index is 2.37. The molecule has 0 unspecified atom stereocenters. The average molecular weight is 432 g/mol. The Hall–Kier alpha value is -3.67. The van der Waals surface area contributed by atoms with Crippen LogP contribution in [0.4, 0.5) is 0 Å². The maximum absolute atomic E-state index is 7.97. The molecule has 1 aliphatic rings. The number of hydrogen-bond donors (Lipinski definition) is 3. The van der Waals surface area contributed by atoms with E-state index in [-0.39, 0.29) is 11.8 Å². The summed E-state index contributed by atoms with van der Waals surface area (Å²) in [6.07, 6.45) is 15.9. The summed E-state index contributed by atoms with van der Waals surface area (Å²) in [5.74, 6) is -0.0373. The molecule has 6 nitrogen and oxygen atoms in total. The highest BCUT2D eigenvalue weighted by molar-refractivity contribution is 5.98. The van der Waals surface area contributed by atoms with E-state index in [0.29, 0.717) is 12.1 Å². The molecule has 0 amide bonds. The highest BCUT2D eigenvalue weighted by Crippen LogP contribution is 2.31. The molecule has 0 aromatic heterocycles. The van der Waals surface area contributed by atoms with E-state index in [1.165, 1.54) is 6.92 Å². The Morgan fingerprint density at radius 3 is 2.41 bits per heavy atom. The van der Waals surface area contributed by atoms with E-state index >= 15 is 0 Å². The van der Waals surface area contributed by atoms with Gasteiger partial charge in [-0.1, -0.05) is 37.6 Å². The zero-order valence-electron chi connectivity index (χ0n) is 19.4. The summed E-state index contributed by atoms with van der Waals surface area (Å²) >= 11 is 0. The predicted octanol–water partition coefficient (Wildman–Crippen LogP) is 5.76. The number of nitrogens with zero attached hydrogens (tertiary/aromatic N) is 2. The first kappa shape index (κ1) is 24.6. The van der Waals surface area contributed by atoms with Crippen molar-refractivity contribution in [3.05, 3.63) is 88.9 Å². The van der Waals surface area contributed by atoms with Gasteiger partial charge in [0.2, 0.25) is 5.90 Å². The second kappa shape index (κ2) is 12.2. The van der Waals surface area contributed by atoms with Crippen molar-refractivity contribution in [1.82, 2.24) is 4.90 Å². The molecule has 0 saturated heterocycles. The van der Waals surface area contributed by atoms with Crippen LogP contribution in [-0.2, 0) is 4.74 Å². The highest BCUT2D eigenvalue weighted by atomic mass is 16.5. The molecule has 0 spiro atoms. The molecule has 0 saturated carbocycles. The highest BCUT2D eigenvalue weighted by Gasteiger charge is 2.17. The zero-order valence-corrected chi connectivity index (χ0v) is 19.4. The lowest BCUT2D eigenvalue weighted by atomic mass is 10.0. The van der Waals surface area contributed by atoms with Crippen molar-refractivity contribution in [1.29, 1.82) is 10.8 Å². The van der Waals surface area contributed by atoms with Crippen LogP contribution in [0.2, 0.25) is 0 Å². The topological polar surface area (TPSA) is 98.5 Å². The van der Waals surface area contributed by atoms with Gasteiger partial charge in [0.25, 0.3) is 0 Å². The lowest BCUT2D eigenvalue weighted by Crippen LogP contribution is -2.18. The molecule has 1 aliphatic heterocycles. The molecule has 0 atom stereocenters. The van der Waals surface area contributed by atoms with Gasteiger partial charge in [0, 0.05) is 54.6 Å². The summed E-state index contributed by atoms with van der Waals surface area (Å²) in [7, 11) is 0. The first-order chi connectivity index (χ1) is 15.4. The van der Waals surface area contributed by atoms with Gasteiger partial charge in [-0.3, -0.25) is 15.8 Å². The number of benzene rings is 1. The molecule has 0 radical (unpaired) electrons. The fourth-order valence-electron chi connectivity index (χ4n) is 3.22. The molecule has 1 heterocycles. The molecular weight excluding hydrogens is 398 g/mol. The second-order valence-corrected chi connectivity index (χ2v) is 7.19. The van der Waals surface area contributed by atoms with E-state index in [1.54, 1.807) is 6.20 Å². The van der Waals surface area contributed by atoms with Gasteiger partial charge < -0.3 is 15.4 Å². The van der Waals surface area contributed by atoms with Crippen LogP contribution in [0.1, 0.15) is 51.7 Å². The van der Waals surface area contributed by atoms with Crippen molar-refractivity contribution in [3.8, 4) is 0 Å². The van der Waals surface area contributed by atoms with E-state index in [0.717, 1.165) is 40.9 Å². The van der Waals surface area contributed by atoms with Crippen molar-refractivity contribution in [2.45, 2.75) is 40.5 Å². The van der Waals surface area contributed by atoms with Crippen molar-refractivity contribution < 1.29 is 4.74 Å². The van der Waals surface area contributed by atoms with Gasteiger partial charge in [0.05, 0.1) is 0 Å². The van der Waals surface area contributed by atoms with Gasteiger partial charge in [-0.15, -0.1) is 0 Å². The average Bonchev–Trinajstić information content (AvgIpc) is 2.79. The lowest BCUT2D eigenvalue weighted by molar-refractivity contribution is 0.532. The standard InChI is InChI=1S/C26H33N5O/c1-5-8-9-24-16-22(23(17-27)18-30-7-3)14-15-31(24)25(6-2)20-10-12-21(13-11-20)26(29)32-19(4)28/h6,9-18,28-29H,5,7-8,27H2,1-4H3/b23-17+,24-9+,25-6-,28-19?,29-26?,30-18?. The minimum Gasteiger partial charge on any atom is -0.426 e. The molecule has 0 aliphatic carbocycles. The number of rotatable bonds is 8. The van der Waals surface area contributed by atoms with E-state index in [1.807, 2.05) is 56.6 Å². The van der Waals surface area contributed by atoms with Crippen LogP contribution in [0.25, 0.3) is 5.70 Å². The van der Waals surface area contributed by atoms with Crippen LogP contribution in [0.3, 0.4) is 0 Å². The van der Waals surface area contributed by atoms with Gasteiger partial charge in [-0.25, -0.2) is 0 Å². The first-order valence-corrected chi connectivity index (χ1v) is 10.8. The molecule has 6 heteroatoms. The Kier molecular flexibility index (Phi) is 9.42. The summed E-state index contributed by atoms with van der Waals surface area (Å²) in [4.78, 5) is 6.49. The molecule has 168 valence electrons. The predicted molar refractivity (Wildman–Crippen MR) is 135 cm³/mol. The molecule has 0 bridgehead atoms. The van der Waals surface area contributed by atoms with E-state index in [2.05, 4.69) is 35.0 Å². The summed E-state index contributed by atoms with van der Waals surface area (Å²) in [6, 6.07) is 7.60. The van der Waals surface area contributed by atoms with Crippen molar-refractivity contribution >= 4 is 23.7 Å². The van der Waals surface area contributed by atoms with Gasteiger partial charge in [0.15, 0.2) is 5.90 Å². The SMILES string of the molecule is C/C=C(/c1ccc(C(=N)OC(C)=N)cc1)N1C=CC(C(/C=NCC)=C/N)=C/C1=C\CCC. The largest absolute Gasteiger partial charge is 0.426 e. The maximum atomic E-state index is 7.97. The first-order valence-electron chi connectivity index (χ1n) is 10.8. The van der Waals surface area contributed by atoms with Crippen LogP contribution < -0.4 is 5.73 Å². The maximum Gasteiger partial charge on any atom is 0.220 e. The van der Waals surface area contributed by atoms with Crippen molar-refractivity contribution in [3.63, 3.8) is 0 Å². The molecular formula is C26H33N5O. The Morgan fingerprint density at radius 1 is 1.16 bits per heavy atom. The van der Waals surface area contributed by atoms with E-state index in [4.69, 9.17) is 21.3 Å². The van der Waals surface area contributed by atoms with Crippen LogP contribution >= 0.6 is 0 Å². The van der Waals surface area contributed by atoms with Crippen molar-refractivity contribution in [2.75, 3.05) is 6.54 Å². The lowest BCUT2D eigenvalue weighted by Gasteiger charge is -2.29. The minimum atomic E-state index is -0.0325. The summed E-state index contributed by atoms with van der Waals surface area (Å²) in [5.41, 5.74) is 11.5. The van der Waals surface area contributed by atoms with Crippen LogP contribution in [0.5, 0.6) is 0 Å². The van der Waals surface area contributed by atoms with Gasteiger partial charge in [-0.2, -0.15) is 0 Å². The number of nitrogens with one attached hydrogen (secondary N) is 2. The number of ether oxygens (including phenoxy) is 1. The van der Waals surface area contributed by atoms with Gasteiger partial charge >= 0.3 is 0 Å². The van der Waals surface area contributed by atoms with Crippen LogP contribution in [0.15, 0.2) is 82.8 Å². The summed E-state index contributed by atoms with van der Waals surface area (Å²) < 4.78 is 5.10. The molecule has 1 aromatic carbocycles. The number of unbranched alkanes of at least 4 members (excludes halogenated alkanes) is 1. The smallest absolute Gasteiger partial charge is 0.220 e. The number of allylic oxidation sites excluding steroid dienone is 6. The number of nitrogens with two attached hydrogens (primary N) is 1. The minimum absolute atomic E-state index is 0.00477. The zero-order chi connectivity index (χ0) is 23.5. The Labute approximate surface area is 191 Å². The monoisotopic (exact) mass is 431 g/mol. The van der Waals surface area contributed by atoms with Crippen LogP contribution in [0, 0.1) is 10.8 Å². The molecule has 32 heavy (non-hydrogen) atoms. The van der Waals surface area contributed by atoms with Gasteiger partial charge in [-0.05, 0) is 55.7 Å².